The predicted octanol–water partition coefficient (Wildman–Crippen LogP) is 1.86. The maximum atomic E-state index is 11.8. The van der Waals surface area contributed by atoms with Crippen molar-refractivity contribution in [3.8, 4) is 5.75 Å². The number of rotatable bonds is 6. The first-order chi connectivity index (χ1) is 10.5. The maximum Gasteiger partial charge on any atom is 0.223 e. The number of aromatic hydroxyl groups is 1. The Morgan fingerprint density at radius 1 is 1.32 bits per heavy atom. The summed E-state index contributed by atoms with van der Waals surface area (Å²) in [6.07, 6.45) is 4.50. The van der Waals surface area contributed by atoms with Crippen molar-refractivity contribution in [1.29, 1.82) is 0 Å². The molecule has 0 spiro atoms. The highest BCUT2D eigenvalue weighted by Gasteiger charge is 2.14. The summed E-state index contributed by atoms with van der Waals surface area (Å²) in [5, 5.41) is 10.1. The molecule has 0 aliphatic rings. The number of hydrogen-bond donors (Lipinski definition) is 1. The van der Waals surface area contributed by atoms with Gasteiger partial charge < -0.3 is 9.67 Å². The Labute approximate surface area is 130 Å². The van der Waals surface area contributed by atoms with Crippen LogP contribution in [0.5, 0.6) is 5.75 Å². The molecule has 2 aromatic heterocycles. The van der Waals surface area contributed by atoms with Crippen LogP contribution < -0.4 is 5.43 Å². The zero-order chi connectivity index (χ0) is 16.1. The van der Waals surface area contributed by atoms with Crippen LogP contribution in [0.15, 0.2) is 35.4 Å². The Balaban J connectivity index is 2.12. The second-order valence-electron chi connectivity index (χ2n) is 5.48. The van der Waals surface area contributed by atoms with Crippen molar-refractivity contribution < 1.29 is 5.11 Å². The number of likely N-dealkylation sites (N-methyl/N-ethyl adjacent to an activating group) is 1. The molecule has 2 heterocycles. The highest BCUT2D eigenvalue weighted by atomic mass is 16.3. The molecule has 118 valence electrons. The van der Waals surface area contributed by atoms with Gasteiger partial charge in [-0.3, -0.25) is 14.7 Å². The average molecular weight is 301 g/mol. The van der Waals surface area contributed by atoms with Gasteiger partial charge in [-0.05, 0) is 37.6 Å². The van der Waals surface area contributed by atoms with E-state index in [1.54, 1.807) is 12.4 Å². The molecule has 5 heteroatoms. The molecule has 0 unspecified atom stereocenters. The summed E-state index contributed by atoms with van der Waals surface area (Å²) in [6, 6.07) is 5.48. The van der Waals surface area contributed by atoms with E-state index in [1.807, 2.05) is 30.7 Å². The molecule has 2 rings (SSSR count). The summed E-state index contributed by atoms with van der Waals surface area (Å²) in [7, 11) is 1.88. The average Bonchev–Trinajstić information content (AvgIpc) is 2.53. The molecule has 0 aliphatic heterocycles. The fourth-order valence-electron chi connectivity index (χ4n) is 2.45. The van der Waals surface area contributed by atoms with E-state index in [0.717, 1.165) is 25.2 Å². The Hall–Kier alpha value is -2.14. The highest BCUT2D eigenvalue weighted by molar-refractivity contribution is 5.29. The van der Waals surface area contributed by atoms with Crippen molar-refractivity contribution in [3.63, 3.8) is 0 Å². The van der Waals surface area contributed by atoms with E-state index in [0.29, 0.717) is 12.2 Å². The summed E-state index contributed by atoms with van der Waals surface area (Å²) >= 11 is 0. The second kappa shape index (κ2) is 7.22. The summed E-state index contributed by atoms with van der Waals surface area (Å²) in [5.41, 5.74) is 2.44. The first-order valence-corrected chi connectivity index (χ1v) is 7.52. The van der Waals surface area contributed by atoms with Crippen LogP contribution in [0.2, 0.25) is 0 Å². The molecule has 0 radical (unpaired) electrons. The van der Waals surface area contributed by atoms with Crippen LogP contribution in [0, 0.1) is 6.92 Å². The maximum absolute atomic E-state index is 11.8. The SMILES string of the molecule is CCN(CCc1ccncc1)Cc1c(O)c(=O)cc(C)n1C. The zero-order valence-corrected chi connectivity index (χ0v) is 13.4. The van der Waals surface area contributed by atoms with Crippen molar-refractivity contribution in [1.82, 2.24) is 14.5 Å². The number of aromatic nitrogens is 2. The molecule has 0 amide bonds. The lowest BCUT2D eigenvalue weighted by atomic mass is 10.2. The van der Waals surface area contributed by atoms with E-state index in [1.165, 1.54) is 11.6 Å². The standard InChI is InChI=1S/C17H23N3O2/c1-4-20(10-7-14-5-8-18-9-6-14)12-15-17(22)16(21)11-13(2)19(15)3/h5-6,8-9,11,22H,4,7,10,12H2,1-3H3. The monoisotopic (exact) mass is 301 g/mol. The minimum absolute atomic E-state index is 0.143. The van der Waals surface area contributed by atoms with Crippen LogP contribution in [-0.4, -0.2) is 32.6 Å². The zero-order valence-electron chi connectivity index (χ0n) is 13.4. The first kappa shape index (κ1) is 16.2. The van der Waals surface area contributed by atoms with E-state index in [2.05, 4.69) is 16.8 Å². The molecule has 0 aliphatic carbocycles. The van der Waals surface area contributed by atoms with Gasteiger partial charge in [0, 0.05) is 44.3 Å². The first-order valence-electron chi connectivity index (χ1n) is 7.52. The normalized spacial score (nSPS) is 11.1. The fourth-order valence-corrected chi connectivity index (χ4v) is 2.45. The third kappa shape index (κ3) is 3.74. The van der Waals surface area contributed by atoms with Gasteiger partial charge in [0.25, 0.3) is 0 Å². The largest absolute Gasteiger partial charge is 0.503 e. The van der Waals surface area contributed by atoms with Gasteiger partial charge in [-0.1, -0.05) is 6.92 Å². The van der Waals surface area contributed by atoms with Crippen molar-refractivity contribution >= 4 is 0 Å². The van der Waals surface area contributed by atoms with E-state index in [4.69, 9.17) is 0 Å². The lowest BCUT2D eigenvalue weighted by molar-refractivity contribution is 0.270. The number of nitrogens with zero attached hydrogens (tertiary/aromatic N) is 3. The van der Waals surface area contributed by atoms with Crippen molar-refractivity contribution in [2.45, 2.75) is 26.8 Å². The second-order valence-corrected chi connectivity index (χ2v) is 5.48. The quantitative estimate of drug-likeness (QED) is 0.885. The summed E-state index contributed by atoms with van der Waals surface area (Å²) in [4.78, 5) is 18.0. The molecule has 0 fully saturated rings. The summed E-state index contributed by atoms with van der Waals surface area (Å²) in [5.74, 6) is -0.143. The molecule has 0 saturated carbocycles. The third-order valence-electron chi connectivity index (χ3n) is 4.07. The molecule has 22 heavy (non-hydrogen) atoms. The predicted molar refractivity (Wildman–Crippen MR) is 87.0 cm³/mol. The Morgan fingerprint density at radius 3 is 2.64 bits per heavy atom. The van der Waals surface area contributed by atoms with Crippen LogP contribution >= 0.6 is 0 Å². The third-order valence-corrected chi connectivity index (χ3v) is 4.07. The van der Waals surface area contributed by atoms with E-state index >= 15 is 0 Å². The lowest BCUT2D eigenvalue weighted by Gasteiger charge is -2.23. The van der Waals surface area contributed by atoms with Crippen LogP contribution in [0.3, 0.4) is 0 Å². The molecule has 0 saturated heterocycles. The van der Waals surface area contributed by atoms with Gasteiger partial charge in [0.15, 0.2) is 5.75 Å². The fraction of sp³-hybridized carbons (Fsp3) is 0.412. The van der Waals surface area contributed by atoms with Crippen molar-refractivity contribution in [3.05, 3.63) is 57.8 Å². The van der Waals surface area contributed by atoms with Gasteiger partial charge in [0.1, 0.15) is 0 Å². The van der Waals surface area contributed by atoms with Crippen LogP contribution in [0.1, 0.15) is 23.9 Å². The summed E-state index contributed by atoms with van der Waals surface area (Å²) in [6.45, 7) is 6.23. The number of aryl methyl sites for hydroxylation is 1. The molecular formula is C17H23N3O2. The topological polar surface area (TPSA) is 58.4 Å². The Morgan fingerprint density at radius 2 is 2.00 bits per heavy atom. The van der Waals surface area contributed by atoms with Gasteiger partial charge >= 0.3 is 0 Å². The van der Waals surface area contributed by atoms with Crippen molar-refractivity contribution in [2.24, 2.45) is 7.05 Å². The van der Waals surface area contributed by atoms with Gasteiger partial charge in [-0.2, -0.15) is 0 Å². The number of pyridine rings is 2. The van der Waals surface area contributed by atoms with Gasteiger partial charge in [-0.15, -0.1) is 0 Å². The van der Waals surface area contributed by atoms with Crippen LogP contribution in [0.25, 0.3) is 0 Å². The molecule has 0 atom stereocenters. The minimum Gasteiger partial charge on any atom is -0.503 e. The minimum atomic E-state index is -0.309. The van der Waals surface area contributed by atoms with Gasteiger partial charge in [-0.25, -0.2) is 0 Å². The van der Waals surface area contributed by atoms with Crippen LogP contribution in [-0.2, 0) is 20.0 Å². The Kier molecular flexibility index (Phi) is 5.33. The lowest BCUT2D eigenvalue weighted by Crippen LogP contribution is -2.28. The number of hydrogen-bond acceptors (Lipinski definition) is 4. The van der Waals surface area contributed by atoms with E-state index in [9.17, 15) is 9.90 Å². The van der Waals surface area contributed by atoms with Crippen molar-refractivity contribution in [2.75, 3.05) is 13.1 Å². The van der Waals surface area contributed by atoms with Crippen LogP contribution in [0.4, 0.5) is 0 Å². The Bertz CT molecular complexity index is 680. The van der Waals surface area contributed by atoms with E-state index in [-0.39, 0.29) is 11.2 Å². The molecule has 0 bridgehead atoms. The smallest absolute Gasteiger partial charge is 0.223 e. The van der Waals surface area contributed by atoms with E-state index < -0.39 is 0 Å². The molecule has 0 aromatic carbocycles. The molecule has 1 N–H and O–H groups in total. The molecule has 5 nitrogen and oxygen atoms in total. The molecular weight excluding hydrogens is 278 g/mol. The van der Waals surface area contributed by atoms with Gasteiger partial charge in [0.2, 0.25) is 5.43 Å². The summed E-state index contributed by atoms with van der Waals surface area (Å²) < 4.78 is 1.88. The van der Waals surface area contributed by atoms with Gasteiger partial charge in [0.05, 0.1) is 5.69 Å². The highest BCUT2D eigenvalue weighted by Crippen LogP contribution is 2.15. The molecule has 2 aromatic rings.